The van der Waals surface area contributed by atoms with Gasteiger partial charge in [0.1, 0.15) is 22.2 Å². The maximum atomic E-state index is 5.65. The van der Waals surface area contributed by atoms with E-state index >= 15 is 0 Å². The first kappa shape index (κ1) is 29.6. The highest BCUT2D eigenvalue weighted by Crippen LogP contribution is 2.33. The molecule has 230 valence electrons. The van der Waals surface area contributed by atoms with Gasteiger partial charge in [0.05, 0.1) is 11.7 Å². The van der Waals surface area contributed by atoms with Crippen molar-refractivity contribution in [3.63, 3.8) is 0 Å². The van der Waals surface area contributed by atoms with Gasteiger partial charge in [-0.3, -0.25) is 0 Å². The van der Waals surface area contributed by atoms with E-state index in [0.717, 1.165) is 22.2 Å². The summed E-state index contributed by atoms with van der Waals surface area (Å²) in [5.41, 5.74) is 6.32. The van der Waals surface area contributed by atoms with Crippen molar-refractivity contribution in [2.75, 3.05) is 0 Å². The summed E-state index contributed by atoms with van der Waals surface area (Å²) in [6, 6.07) is 57.9. The number of para-hydroxylation sites is 4. The molecule has 0 radical (unpaired) electrons. The Hall–Kier alpha value is -5.82. The van der Waals surface area contributed by atoms with Gasteiger partial charge in [-0.25, -0.2) is 0 Å². The summed E-state index contributed by atoms with van der Waals surface area (Å²) >= 11 is 3.11. The Morgan fingerprint density at radius 2 is 0.750 bits per heavy atom. The van der Waals surface area contributed by atoms with E-state index in [0.29, 0.717) is 0 Å². The van der Waals surface area contributed by atoms with E-state index in [1.807, 2.05) is 72.0 Å². The van der Waals surface area contributed by atoms with Crippen LogP contribution in [0.3, 0.4) is 0 Å². The molecule has 4 heterocycles. The first-order valence-electron chi connectivity index (χ1n) is 15.7. The molecule has 11 rings (SSSR count). The van der Waals surface area contributed by atoms with Crippen molar-refractivity contribution in [1.82, 2.24) is 13.7 Å². The Morgan fingerprint density at radius 1 is 0.375 bits per heavy atom. The molecule has 0 aliphatic heterocycles. The van der Waals surface area contributed by atoms with Crippen molar-refractivity contribution in [3.8, 4) is 0 Å². The lowest BCUT2D eigenvalue weighted by atomic mass is 10.2. The second kappa shape index (κ2) is 13.5. The van der Waals surface area contributed by atoms with E-state index < -0.39 is 0 Å². The number of hydrogen-bond acceptors (Lipinski definition) is 5. The van der Waals surface area contributed by atoms with E-state index in [2.05, 4.69) is 123 Å². The van der Waals surface area contributed by atoms with Crippen LogP contribution in [0, 0.1) is 0 Å². The van der Waals surface area contributed by atoms with Crippen LogP contribution in [0.5, 0.6) is 0 Å². The Bertz CT molecular complexity index is 2340. The second-order valence-electron chi connectivity index (χ2n) is 11.2. The summed E-state index contributed by atoms with van der Waals surface area (Å²) in [5.74, 6) is 0. The van der Waals surface area contributed by atoms with Gasteiger partial charge in [0.2, 0.25) is 0 Å². The average Bonchev–Trinajstić information content (AvgIpc) is 3.95. The summed E-state index contributed by atoms with van der Waals surface area (Å²) < 4.78 is 16.5. The van der Waals surface area contributed by atoms with Gasteiger partial charge in [0.15, 0.2) is 0 Å². The summed E-state index contributed by atoms with van der Waals surface area (Å²) in [4.78, 5) is 3.38. The van der Waals surface area contributed by atoms with E-state index in [1.54, 1.807) is 0 Å². The third-order valence-electron chi connectivity index (χ3n) is 8.14. The number of hydrogen-bond donors (Lipinski definition) is 1. The standard InChI is InChI=1S/C12H9N.C12H8O.C12H8S.C6H4N2S/c3*1-3-7-11-9(5-1)10-6-2-4-8-12(10)13-11;1-2-4-6-5(3-1)7-9-8-6/h1-8,13H;2*1-8H;1-4H. The zero-order valence-electron chi connectivity index (χ0n) is 25.8. The maximum Gasteiger partial charge on any atom is 0.135 e. The molecule has 0 bridgehead atoms. The third-order valence-corrected chi connectivity index (χ3v) is 9.85. The monoisotopic (exact) mass is 655 g/mol. The Kier molecular flexibility index (Phi) is 8.32. The number of rotatable bonds is 0. The van der Waals surface area contributed by atoms with Crippen molar-refractivity contribution >= 4 is 98.0 Å². The normalized spacial score (nSPS) is 10.9. The maximum absolute atomic E-state index is 5.65. The lowest BCUT2D eigenvalue weighted by molar-refractivity contribution is 0.669. The molecule has 0 spiro atoms. The van der Waals surface area contributed by atoms with Crippen molar-refractivity contribution < 1.29 is 4.42 Å². The fourth-order valence-electron chi connectivity index (χ4n) is 5.88. The molecular weight excluding hydrogens is 627 g/mol. The summed E-state index contributed by atoms with van der Waals surface area (Å²) in [7, 11) is 0. The summed E-state index contributed by atoms with van der Waals surface area (Å²) in [6.45, 7) is 0. The van der Waals surface area contributed by atoms with Gasteiger partial charge < -0.3 is 9.40 Å². The molecule has 48 heavy (non-hydrogen) atoms. The molecule has 4 aromatic heterocycles. The fourth-order valence-corrected chi connectivity index (χ4v) is 7.51. The smallest absolute Gasteiger partial charge is 0.135 e. The van der Waals surface area contributed by atoms with Gasteiger partial charge >= 0.3 is 0 Å². The topological polar surface area (TPSA) is 54.7 Å². The quantitative estimate of drug-likeness (QED) is 0.177. The van der Waals surface area contributed by atoms with Gasteiger partial charge in [0, 0.05) is 52.8 Å². The number of furan rings is 1. The lowest BCUT2D eigenvalue weighted by Gasteiger charge is -1.88. The highest BCUT2D eigenvalue weighted by molar-refractivity contribution is 7.25. The van der Waals surface area contributed by atoms with Crippen LogP contribution in [0.25, 0.3) is 75.0 Å². The van der Waals surface area contributed by atoms with Crippen LogP contribution in [0.4, 0.5) is 0 Å². The van der Waals surface area contributed by atoms with Gasteiger partial charge in [-0.15, -0.1) is 11.3 Å². The molecule has 4 nitrogen and oxygen atoms in total. The van der Waals surface area contributed by atoms with E-state index in [1.165, 1.54) is 64.5 Å². The molecule has 6 heteroatoms. The molecule has 1 N–H and O–H groups in total. The van der Waals surface area contributed by atoms with Crippen LogP contribution in [-0.4, -0.2) is 13.7 Å². The Labute approximate surface area is 284 Å². The summed E-state index contributed by atoms with van der Waals surface area (Å²) in [5, 5.41) is 7.75. The van der Waals surface area contributed by atoms with Gasteiger partial charge in [0.25, 0.3) is 0 Å². The average molecular weight is 656 g/mol. The molecule has 0 saturated carbocycles. The number of benzene rings is 7. The van der Waals surface area contributed by atoms with Crippen LogP contribution in [0.1, 0.15) is 0 Å². The highest BCUT2D eigenvalue weighted by atomic mass is 32.1. The molecule has 11 aromatic rings. The molecular formula is C42H29N3OS2. The van der Waals surface area contributed by atoms with Crippen molar-refractivity contribution in [2.24, 2.45) is 0 Å². The number of aromatic nitrogens is 3. The zero-order valence-corrected chi connectivity index (χ0v) is 27.4. The Balaban J connectivity index is 0.0000000942. The van der Waals surface area contributed by atoms with E-state index in [9.17, 15) is 0 Å². The first-order valence-corrected chi connectivity index (χ1v) is 17.2. The minimum absolute atomic E-state index is 0.962. The van der Waals surface area contributed by atoms with Crippen molar-refractivity contribution in [2.45, 2.75) is 0 Å². The predicted octanol–water partition coefficient (Wildman–Crippen LogP) is 12.7. The lowest BCUT2D eigenvalue weighted by Crippen LogP contribution is -1.63. The number of aromatic amines is 1. The predicted molar refractivity (Wildman–Crippen MR) is 206 cm³/mol. The first-order chi connectivity index (χ1) is 23.8. The van der Waals surface area contributed by atoms with Crippen LogP contribution in [0.2, 0.25) is 0 Å². The van der Waals surface area contributed by atoms with Gasteiger partial charge in [-0.2, -0.15) is 8.75 Å². The van der Waals surface area contributed by atoms with Crippen molar-refractivity contribution in [1.29, 1.82) is 0 Å². The molecule has 7 aromatic carbocycles. The molecule has 0 saturated heterocycles. The van der Waals surface area contributed by atoms with Crippen LogP contribution >= 0.6 is 23.1 Å². The third kappa shape index (κ3) is 6.02. The molecule has 0 fully saturated rings. The molecule has 0 atom stereocenters. The van der Waals surface area contributed by atoms with Gasteiger partial charge in [-0.05, 0) is 48.5 Å². The second-order valence-corrected chi connectivity index (χ2v) is 12.8. The molecule has 0 aliphatic carbocycles. The number of H-pyrrole nitrogens is 1. The van der Waals surface area contributed by atoms with E-state index in [4.69, 9.17) is 4.42 Å². The van der Waals surface area contributed by atoms with Crippen molar-refractivity contribution in [3.05, 3.63) is 170 Å². The van der Waals surface area contributed by atoms with Crippen LogP contribution in [0.15, 0.2) is 174 Å². The number of fused-ring (bicyclic) bond motifs is 10. The zero-order chi connectivity index (χ0) is 32.1. The van der Waals surface area contributed by atoms with Gasteiger partial charge in [-0.1, -0.05) is 121 Å². The fraction of sp³-hybridized carbons (Fsp3) is 0. The largest absolute Gasteiger partial charge is 0.456 e. The SMILES string of the molecule is c1ccc2c(c1)[nH]c1ccccc12.c1ccc2c(c1)oc1ccccc12.c1ccc2c(c1)sc1ccccc12.c1ccc2nsnc2c1. The number of nitrogens with zero attached hydrogens (tertiary/aromatic N) is 2. The Morgan fingerprint density at radius 3 is 1.25 bits per heavy atom. The minimum Gasteiger partial charge on any atom is -0.456 e. The molecule has 0 amide bonds. The van der Waals surface area contributed by atoms with E-state index in [-0.39, 0.29) is 0 Å². The number of thiophene rings is 1. The summed E-state index contributed by atoms with van der Waals surface area (Å²) in [6.07, 6.45) is 0. The van der Waals surface area contributed by atoms with Crippen LogP contribution < -0.4 is 0 Å². The molecule has 0 aliphatic rings. The van der Waals surface area contributed by atoms with Crippen LogP contribution in [-0.2, 0) is 0 Å². The molecule has 0 unspecified atom stereocenters. The number of nitrogens with one attached hydrogen (secondary N) is 1. The minimum atomic E-state index is 0.962. The highest BCUT2D eigenvalue weighted by Gasteiger charge is 2.04.